The molecule has 1 saturated carbocycles. The van der Waals surface area contributed by atoms with Crippen molar-refractivity contribution in [3.05, 3.63) is 35.6 Å². The van der Waals surface area contributed by atoms with Gasteiger partial charge >= 0.3 is 0 Å². The van der Waals surface area contributed by atoms with Crippen LogP contribution >= 0.6 is 0 Å². The smallest absolute Gasteiger partial charge is 0.239 e. The maximum atomic E-state index is 13.7. The molecule has 18 heavy (non-hydrogen) atoms. The van der Waals surface area contributed by atoms with E-state index < -0.39 is 5.54 Å². The Labute approximate surface area is 107 Å². The van der Waals surface area contributed by atoms with Crippen molar-refractivity contribution in [3.8, 4) is 0 Å². The maximum Gasteiger partial charge on any atom is 0.239 e. The van der Waals surface area contributed by atoms with Gasteiger partial charge in [0, 0.05) is 12.0 Å². The summed E-state index contributed by atoms with van der Waals surface area (Å²) in [7, 11) is 0. The highest BCUT2D eigenvalue weighted by Gasteiger charge is 2.46. The summed E-state index contributed by atoms with van der Waals surface area (Å²) < 4.78 is 13.7. The fourth-order valence-electron chi connectivity index (χ4n) is 2.06. The van der Waals surface area contributed by atoms with Crippen LogP contribution in [-0.2, 0) is 10.2 Å². The van der Waals surface area contributed by atoms with Gasteiger partial charge in [0.05, 0.1) is 5.54 Å². The van der Waals surface area contributed by atoms with Crippen molar-refractivity contribution in [2.75, 3.05) is 6.54 Å². The van der Waals surface area contributed by atoms with Crippen molar-refractivity contribution in [2.45, 2.75) is 37.6 Å². The van der Waals surface area contributed by atoms with Gasteiger partial charge in [0.1, 0.15) is 5.82 Å². The van der Waals surface area contributed by atoms with Crippen molar-refractivity contribution < 1.29 is 9.18 Å². The summed E-state index contributed by atoms with van der Waals surface area (Å²) in [4.78, 5) is 11.7. The predicted molar refractivity (Wildman–Crippen MR) is 68.6 cm³/mol. The number of carbonyl (C=O) groups is 1. The van der Waals surface area contributed by atoms with Crippen molar-refractivity contribution >= 4 is 5.91 Å². The van der Waals surface area contributed by atoms with Gasteiger partial charge in [0.2, 0.25) is 5.91 Å². The van der Waals surface area contributed by atoms with Crippen LogP contribution in [0.15, 0.2) is 24.3 Å². The fraction of sp³-hybridized carbons (Fsp3) is 0.500. The first kappa shape index (κ1) is 13.0. The van der Waals surface area contributed by atoms with E-state index in [1.54, 1.807) is 26.0 Å². The molecule has 1 aromatic rings. The van der Waals surface area contributed by atoms with Crippen LogP contribution in [0.1, 0.15) is 32.3 Å². The average Bonchev–Trinajstić information content (AvgIpc) is 3.06. The molecule has 0 heterocycles. The maximum absolute atomic E-state index is 13.7. The number of halogens is 1. The molecule has 1 amide bonds. The second-order valence-corrected chi connectivity index (χ2v) is 5.66. The van der Waals surface area contributed by atoms with E-state index >= 15 is 0 Å². The molecule has 1 aromatic carbocycles. The third-order valence-electron chi connectivity index (χ3n) is 3.47. The van der Waals surface area contributed by atoms with Gasteiger partial charge < -0.3 is 11.1 Å². The summed E-state index contributed by atoms with van der Waals surface area (Å²) in [6, 6.07) is 6.76. The van der Waals surface area contributed by atoms with Crippen molar-refractivity contribution in [1.82, 2.24) is 5.32 Å². The Morgan fingerprint density at radius 3 is 2.56 bits per heavy atom. The first-order valence-corrected chi connectivity index (χ1v) is 6.17. The molecule has 0 aromatic heterocycles. The monoisotopic (exact) mass is 250 g/mol. The van der Waals surface area contributed by atoms with E-state index in [1.165, 1.54) is 6.07 Å². The Morgan fingerprint density at radius 2 is 2.06 bits per heavy atom. The standard InChI is InChI=1S/C14H19FN2O/c1-13(2,16)12(18)17-9-14(7-8-14)10-5-3-4-6-11(10)15/h3-6H,7-9,16H2,1-2H3,(H,17,18). The number of hydrogen-bond acceptors (Lipinski definition) is 2. The number of nitrogens with one attached hydrogen (secondary N) is 1. The molecule has 3 nitrogen and oxygen atoms in total. The van der Waals surface area contributed by atoms with E-state index in [2.05, 4.69) is 5.32 Å². The van der Waals surface area contributed by atoms with Crippen LogP contribution in [0.4, 0.5) is 4.39 Å². The van der Waals surface area contributed by atoms with E-state index in [0.717, 1.165) is 12.8 Å². The fourth-order valence-corrected chi connectivity index (χ4v) is 2.06. The lowest BCUT2D eigenvalue weighted by Gasteiger charge is -2.22. The SMILES string of the molecule is CC(C)(N)C(=O)NCC1(c2ccccc2F)CC1. The van der Waals surface area contributed by atoms with Crippen LogP contribution in [0, 0.1) is 5.82 Å². The Balaban J connectivity index is 2.06. The molecular weight excluding hydrogens is 231 g/mol. The summed E-state index contributed by atoms with van der Waals surface area (Å²) in [6.07, 6.45) is 1.80. The Bertz CT molecular complexity index is 461. The summed E-state index contributed by atoms with van der Waals surface area (Å²) in [5, 5.41) is 2.82. The molecule has 98 valence electrons. The first-order chi connectivity index (χ1) is 8.35. The summed E-state index contributed by atoms with van der Waals surface area (Å²) in [5.41, 5.74) is 5.28. The first-order valence-electron chi connectivity index (χ1n) is 6.17. The molecule has 1 fully saturated rings. The molecule has 0 saturated heterocycles. The largest absolute Gasteiger partial charge is 0.354 e. The normalized spacial score (nSPS) is 17.3. The van der Waals surface area contributed by atoms with Gasteiger partial charge in [-0.15, -0.1) is 0 Å². The van der Waals surface area contributed by atoms with E-state index in [9.17, 15) is 9.18 Å². The van der Waals surface area contributed by atoms with E-state index in [1.807, 2.05) is 6.07 Å². The van der Waals surface area contributed by atoms with Crippen LogP contribution < -0.4 is 11.1 Å². The highest BCUT2D eigenvalue weighted by atomic mass is 19.1. The van der Waals surface area contributed by atoms with Gasteiger partial charge in [-0.1, -0.05) is 18.2 Å². The molecule has 4 heteroatoms. The lowest BCUT2D eigenvalue weighted by Crippen LogP contribution is -2.50. The van der Waals surface area contributed by atoms with Crippen LogP contribution in [0.3, 0.4) is 0 Å². The van der Waals surface area contributed by atoms with E-state index in [0.29, 0.717) is 12.1 Å². The highest BCUT2D eigenvalue weighted by molar-refractivity contribution is 5.85. The molecule has 2 rings (SSSR count). The number of benzene rings is 1. The number of carbonyl (C=O) groups excluding carboxylic acids is 1. The minimum atomic E-state index is -0.898. The lowest BCUT2D eigenvalue weighted by molar-refractivity contribution is -0.125. The van der Waals surface area contributed by atoms with Crippen molar-refractivity contribution in [3.63, 3.8) is 0 Å². The molecule has 0 spiro atoms. The van der Waals surface area contributed by atoms with Crippen LogP contribution in [0.2, 0.25) is 0 Å². The molecule has 0 radical (unpaired) electrons. The van der Waals surface area contributed by atoms with Crippen molar-refractivity contribution in [2.24, 2.45) is 5.73 Å². The molecule has 0 atom stereocenters. The van der Waals surface area contributed by atoms with E-state index in [-0.39, 0.29) is 17.1 Å². The topological polar surface area (TPSA) is 55.1 Å². The quantitative estimate of drug-likeness (QED) is 0.854. The Hall–Kier alpha value is -1.42. The van der Waals surface area contributed by atoms with E-state index in [4.69, 9.17) is 5.73 Å². The second kappa shape index (κ2) is 4.35. The average molecular weight is 250 g/mol. The third-order valence-corrected chi connectivity index (χ3v) is 3.47. The van der Waals surface area contributed by atoms with Crippen LogP contribution in [0.25, 0.3) is 0 Å². The minimum Gasteiger partial charge on any atom is -0.354 e. The van der Waals surface area contributed by atoms with Gasteiger partial charge in [-0.25, -0.2) is 4.39 Å². The number of amides is 1. The Morgan fingerprint density at radius 1 is 1.44 bits per heavy atom. The second-order valence-electron chi connectivity index (χ2n) is 5.66. The highest BCUT2D eigenvalue weighted by Crippen LogP contribution is 2.48. The minimum absolute atomic E-state index is 0.198. The zero-order valence-corrected chi connectivity index (χ0v) is 10.8. The van der Waals surface area contributed by atoms with Gasteiger partial charge in [0.25, 0.3) is 0 Å². The van der Waals surface area contributed by atoms with Gasteiger partial charge in [-0.3, -0.25) is 4.79 Å². The molecule has 0 aliphatic heterocycles. The third kappa shape index (κ3) is 2.53. The van der Waals surface area contributed by atoms with Crippen LogP contribution in [0.5, 0.6) is 0 Å². The zero-order valence-electron chi connectivity index (χ0n) is 10.8. The van der Waals surface area contributed by atoms with Crippen LogP contribution in [-0.4, -0.2) is 18.0 Å². The zero-order chi connectivity index (χ0) is 13.4. The summed E-state index contributed by atoms with van der Waals surface area (Å²) >= 11 is 0. The number of hydrogen-bond donors (Lipinski definition) is 2. The molecule has 1 aliphatic rings. The molecule has 3 N–H and O–H groups in total. The predicted octanol–water partition coefficient (Wildman–Crippen LogP) is 1.71. The molecule has 0 unspecified atom stereocenters. The van der Waals surface area contributed by atoms with Gasteiger partial charge in [0.15, 0.2) is 0 Å². The molecular formula is C14H19FN2O. The number of nitrogens with two attached hydrogens (primary N) is 1. The number of rotatable bonds is 4. The van der Waals surface area contributed by atoms with Crippen molar-refractivity contribution in [1.29, 1.82) is 0 Å². The summed E-state index contributed by atoms with van der Waals surface area (Å²) in [5.74, 6) is -0.402. The molecule has 1 aliphatic carbocycles. The van der Waals surface area contributed by atoms with Gasteiger partial charge in [-0.2, -0.15) is 0 Å². The summed E-state index contributed by atoms with van der Waals surface area (Å²) in [6.45, 7) is 3.77. The molecule has 0 bridgehead atoms. The Kier molecular flexibility index (Phi) is 3.15. The lowest BCUT2D eigenvalue weighted by atomic mass is 9.95. The van der Waals surface area contributed by atoms with Gasteiger partial charge in [-0.05, 0) is 38.3 Å².